The van der Waals surface area contributed by atoms with Crippen molar-refractivity contribution in [2.45, 2.75) is 105 Å². The first-order valence-electron chi connectivity index (χ1n) is 23.1. The van der Waals surface area contributed by atoms with Crippen LogP contribution >= 0.6 is 0 Å². The van der Waals surface area contributed by atoms with Crippen LogP contribution in [0.1, 0.15) is 90.7 Å². The summed E-state index contributed by atoms with van der Waals surface area (Å²) in [7, 11) is 3.42. The lowest BCUT2D eigenvalue weighted by atomic mass is 9.84. The van der Waals surface area contributed by atoms with Crippen molar-refractivity contribution in [1.82, 2.24) is 29.6 Å². The van der Waals surface area contributed by atoms with Crippen LogP contribution < -0.4 is 5.32 Å². The van der Waals surface area contributed by atoms with Gasteiger partial charge in [-0.2, -0.15) is 0 Å². The lowest BCUT2D eigenvalue weighted by Crippen LogP contribution is -2.58. The topological polar surface area (TPSA) is 126 Å². The Morgan fingerprint density at radius 3 is 2.48 bits per heavy atom. The molecule has 12 heteroatoms. The van der Waals surface area contributed by atoms with Crippen LogP contribution in [0.4, 0.5) is 0 Å². The molecular formula is C51H68N6O6. The molecule has 63 heavy (non-hydrogen) atoms. The van der Waals surface area contributed by atoms with Crippen molar-refractivity contribution in [3.8, 4) is 22.4 Å². The number of piperidine rings is 1. The summed E-state index contributed by atoms with van der Waals surface area (Å²) < 4.78 is 14.4. The normalized spacial score (nSPS) is 21.8. The van der Waals surface area contributed by atoms with E-state index in [2.05, 4.69) is 78.9 Å². The Bertz CT molecular complexity index is 2320. The van der Waals surface area contributed by atoms with Gasteiger partial charge < -0.3 is 34.1 Å². The van der Waals surface area contributed by atoms with Gasteiger partial charge in [0.2, 0.25) is 17.7 Å². The van der Waals surface area contributed by atoms with Crippen molar-refractivity contribution in [1.29, 1.82) is 0 Å². The molecule has 7 rings (SSSR count). The molecule has 3 amide bonds. The first-order valence-corrected chi connectivity index (χ1v) is 23.1. The third-order valence-electron chi connectivity index (χ3n) is 13.7. The maximum atomic E-state index is 14.7. The van der Waals surface area contributed by atoms with Gasteiger partial charge >= 0.3 is 5.97 Å². The molecule has 0 radical (unpaired) electrons. The second-order valence-electron chi connectivity index (χ2n) is 19.2. The fraction of sp³-hybridized carbons (Fsp3) is 0.549. The number of likely N-dealkylation sites (tertiary alicyclic amines) is 1. The summed E-state index contributed by atoms with van der Waals surface area (Å²) in [4.78, 5) is 67.4. The van der Waals surface area contributed by atoms with Crippen LogP contribution in [0.2, 0.25) is 0 Å². The molecule has 3 aliphatic rings. The zero-order valence-electron chi connectivity index (χ0n) is 38.9. The molecule has 338 valence electrons. The molecule has 6 bridgehead atoms. The number of benzene rings is 2. The number of methoxy groups -OCH3 is 1. The van der Waals surface area contributed by atoms with Crippen molar-refractivity contribution in [3.05, 3.63) is 77.6 Å². The summed E-state index contributed by atoms with van der Waals surface area (Å²) in [5.41, 5.74) is 7.65. The molecule has 0 aliphatic carbocycles. The van der Waals surface area contributed by atoms with E-state index in [1.165, 1.54) is 0 Å². The molecule has 3 aliphatic heterocycles. The van der Waals surface area contributed by atoms with Gasteiger partial charge in [0.1, 0.15) is 12.1 Å². The van der Waals surface area contributed by atoms with Gasteiger partial charge in [0.25, 0.3) is 0 Å². The van der Waals surface area contributed by atoms with Crippen molar-refractivity contribution in [2.24, 2.45) is 23.2 Å². The number of cyclic esters (lactones) is 1. The van der Waals surface area contributed by atoms with Gasteiger partial charge in [-0.15, -0.1) is 0 Å². The van der Waals surface area contributed by atoms with Crippen LogP contribution in [0.15, 0.2) is 60.8 Å². The Balaban J connectivity index is 1.31. The molecule has 12 nitrogen and oxygen atoms in total. The minimum atomic E-state index is -0.925. The molecule has 0 saturated carbocycles. The molecule has 5 heterocycles. The molecule has 2 aromatic carbocycles. The Hall–Kier alpha value is -5.07. The van der Waals surface area contributed by atoms with Crippen LogP contribution in [0.5, 0.6) is 0 Å². The van der Waals surface area contributed by atoms with Crippen LogP contribution in [-0.4, -0.2) is 114 Å². The van der Waals surface area contributed by atoms with Crippen LogP contribution in [0, 0.1) is 23.2 Å². The van der Waals surface area contributed by atoms with Gasteiger partial charge in [0.15, 0.2) is 0 Å². The third-order valence-corrected chi connectivity index (χ3v) is 13.7. The Kier molecular flexibility index (Phi) is 14.1. The molecule has 2 saturated heterocycles. The largest absolute Gasteiger partial charge is 0.465 e. The fourth-order valence-corrected chi connectivity index (χ4v) is 10.2. The van der Waals surface area contributed by atoms with Gasteiger partial charge in [-0.3, -0.25) is 24.2 Å². The Morgan fingerprint density at radius 1 is 0.984 bits per heavy atom. The SMILES string of the molecule is CCN1CCC(C(=O)N(C)C(C(=O)NC2Cc3cccc(c3)-c3ccc4c(c3)c(c(-c3cccnc3C(C)OC)n4CC)CC(C)(C)COC(=O)C3CCCN(C3)C2=O)C(C)C)C1. The number of aryl methyl sites for hydroxylation is 1. The number of hydrogen-bond donors (Lipinski definition) is 1. The zero-order chi connectivity index (χ0) is 45.2. The Labute approximate surface area is 373 Å². The van der Waals surface area contributed by atoms with Crippen LogP contribution in [0.3, 0.4) is 0 Å². The maximum Gasteiger partial charge on any atom is 0.310 e. The number of ether oxygens (including phenoxy) is 2. The highest BCUT2D eigenvalue weighted by molar-refractivity contribution is 5.96. The van der Waals surface area contributed by atoms with Crippen LogP contribution in [-0.2, 0) is 48.0 Å². The highest BCUT2D eigenvalue weighted by Gasteiger charge is 2.40. The second-order valence-corrected chi connectivity index (χ2v) is 19.2. The van der Waals surface area contributed by atoms with Gasteiger partial charge in [-0.25, -0.2) is 0 Å². The second kappa shape index (κ2) is 19.4. The summed E-state index contributed by atoms with van der Waals surface area (Å²) in [5.74, 6) is -1.82. The monoisotopic (exact) mass is 861 g/mol. The fourth-order valence-electron chi connectivity index (χ4n) is 10.2. The summed E-state index contributed by atoms with van der Waals surface area (Å²) in [6.07, 6.45) is 4.45. The van der Waals surface area contributed by atoms with Crippen LogP contribution in [0.25, 0.3) is 33.3 Å². The average molecular weight is 861 g/mol. The zero-order valence-corrected chi connectivity index (χ0v) is 38.9. The maximum absolute atomic E-state index is 14.7. The number of esters is 1. The van der Waals surface area contributed by atoms with E-state index < -0.39 is 23.4 Å². The smallest absolute Gasteiger partial charge is 0.310 e. The highest BCUT2D eigenvalue weighted by atomic mass is 16.5. The number of pyridine rings is 1. The number of likely N-dealkylation sites (N-methyl/N-ethyl adjacent to an activating group) is 1. The van der Waals surface area contributed by atoms with Gasteiger partial charge in [-0.1, -0.05) is 65.0 Å². The van der Waals surface area contributed by atoms with E-state index in [0.717, 1.165) is 76.2 Å². The lowest BCUT2D eigenvalue weighted by Gasteiger charge is -2.36. The number of hydrogen-bond acceptors (Lipinski definition) is 8. The minimum absolute atomic E-state index is 0.0453. The third kappa shape index (κ3) is 9.72. The van der Waals surface area contributed by atoms with Crippen molar-refractivity contribution in [3.63, 3.8) is 0 Å². The quantitative estimate of drug-likeness (QED) is 0.165. The number of nitrogens with zero attached hydrogens (tertiary/aromatic N) is 5. The summed E-state index contributed by atoms with van der Waals surface area (Å²) in [6.45, 7) is 18.5. The van der Waals surface area contributed by atoms with E-state index in [-0.39, 0.29) is 61.2 Å². The Morgan fingerprint density at radius 2 is 1.76 bits per heavy atom. The van der Waals surface area contributed by atoms with E-state index >= 15 is 0 Å². The molecule has 1 N–H and O–H groups in total. The number of amides is 3. The van der Waals surface area contributed by atoms with E-state index in [1.54, 1.807) is 24.0 Å². The number of carbonyl (C=O) groups is 4. The first-order chi connectivity index (χ1) is 30.1. The van der Waals surface area contributed by atoms with Gasteiger partial charge in [0.05, 0.1) is 35.9 Å². The van der Waals surface area contributed by atoms with Crippen molar-refractivity contribution >= 4 is 34.6 Å². The molecule has 5 unspecified atom stereocenters. The van der Waals surface area contributed by atoms with Crippen molar-refractivity contribution in [2.75, 3.05) is 53.5 Å². The number of rotatable bonds is 10. The lowest BCUT2D eigenvalue weighted by molar-refractivity contribution is -0.155. The van der Waals surface area contributed by atoms with E-state index in [4.69, 9.17) is 14.5 Å². The predicted molar refractivity (Wildman–Crippen MR) is 247 cm³/mol. The molecule has 4 aromatic rings. The van der Waals surface area contributed by atoms with Crippen molar-refractivity contribution < 1.29 is 28.7 Å². The first kappa shape index (κ1) is 45.9. The number of nitrogens with one attached hydrogen (secondary N) is 1. The number of fused-ring (bicyclic) bond motifs is 6. The van der Waals surface area contributed by atoms with Gasteiger partial charge in [0, 0.05) is 74.8 Å². The average Bonchev–Trinajstić information content (AvgIpc) is 3.89. The predicted octanol–water partition coefficient (Wildman–Crippen LogP) is 7.31. The standard InChI is InChI=1S/C51H68N6O6/c1-10-55-24-21-37(29-55)48(59)54(8)45(32(3)4)47(58)53-42-26-34-15-12-16-35(25-34)36-19-20-43-40(27-36)41(46(57(43)11-2)39-18-13-22-52-44(39)33(5)62-9)28-51(6,7)31-63-50(61)38-17-14-23-56(30-38)49(42)60/h12-13,15-16,18-20,22,25,27,32-33,37-38,42,45H,10-11,14,17,21,23-24,26,28-31H2,1-9H3,(H,53,58). The molecule has 0 spiro atoms. The molecule has 2 fully saturated rings. The molecule has 2 aromatic heterocycles. The number of carbonyl (C=O) groups excluding carboxylic acids is 4. The molecular weight excluding hydrogens is 793 g/mol. The number of aromatic nitrogens is 2. The highest BCUT2D eigenvalue weighted by Crippen LogP contribution is 2.42. The van der Waals surface area contributed by atoms with Gasteiger partial charge in [-0.05, 0) is 105 Å². The summed E-state index contributed by atoms with van der Waals surface area (Å²) >= 11 is 0. The van der Waals surface area contributed by atoms with E-state index in [1.807, 2.05) is 45.2 Å². The van der Waals surface area contributed by atoms with E-state index in [9.17, 15) is 19.2 Å². The van der Waals surface area contributed by atoms with E-state index in [0.29, 0.717) is 32.4 Å². The summed E-state index contributed by atoms with van der Waals surface area (Å²) in [6, 6.07) is 17.2. The minimum Gasteiger partial charge on any atom is -0.465 e. The summed E-state index contributed by atoms with van der Waals surface area (Å²) in [5, 5.41) is 4.26. The molecule has 5 atom stereocenters.